The van der Waals surface area contributed by atoms with Crippen LogP contribution in [0.2, 0.25) is 0 Å². The monoisotopic (exact) mass is 232 g/mol. The molecule has 3 atom stereocenters. The minimum absolute atomic E-state index is 0.404. The molecule has 1 fully saturated rings. The van der Waals surface area contributed by atoms with Gasteiger partial charge in [-0.3, -0.25) is 0 Å². The van der Waals surface area contributed by atoms with Gasteiger partial charge in [-0.15, -0.1) is 0 Å². The number of hydrogen-bond donors (Lipinski definition) is 0. The van der Waals surface area contributed by atoms with Crippen LogP contribution >= 0.6 is 0 Å². The van der Waals surface area contributed by atoms with Crippen LogP contribution in [0.1, 0.15) is 40.0 Å². The molecule has 0 heterocycles. The molecule has 0 N–H and O–H groups in total. The molecule has 0 amide bonds. The first-order chi connectivity index (χ1) is 8.16. The largest absolute Gasteiger partial charge is 0.490 e. The van der Waals surface area contributed by atoms with E-state index in [0.29, 0.717) is 12.0 Å². The summed E-state index contributed by atoms with van der Waals surface area (Å²) in [5.74, 6) is 3.26. The minimum Gasteiger partial charge on any atom is -0.490 e. The zero-order chi connectivity index (χ0) is 12.3. The Balaban J connectivity index is 2.05. The second-order valence-electron chi connectivity index (χ2n) is 5.80. The van der Waals surface area contributed by atoms with E-state index in [1.807, 2.05) is 18.2 Å². The van der Waals surface area contributed by atoms with Gasteiger partial charge in [-0.25, -0.2) is 0 Å². The summed E-state index contributed by atoms with van der Waals surface area (Å²) in [5.41, 5.74) is 0. The predicted molar refractivity (Wildman–Crippen MR) is 72.2 cm³/mol. The molecule has 1 aromatic carbocycles. The Morgan fingerprint density at radius 3 is 2.47 bits per heavy atom. The van der Waals surface area contributed by atoms with Crippen LogP contribution in [0.3, 0.4) is 0 Å². The quantitative estimate of drug-likeness (QED) is 0.744. The number of ether oxygens (including phenoxy) is 1. The van der Waals surface area contributed by atoms with E-state index in [4.69, 9.17) is 4.74 Å². The fraction of sp³-hybridized carbons (Fsp3) is 0.625. The predicted octanol–water partition coefficient (Wildman–Crippen LogP) is 4.53. The molecule has 0 saturated heterocycles. The zero-order valence-corrected chi connectivity index (χ0v) is 11.2. The van der Waals surface area contributed by atoms with E-state index >= 15 is 0 Å². The van der Waals surface area contributed by atoms with Crippen LogP contribution in [-0.4, -0.2) is 6.10 Å². The van der Waals surface area contributed by atoms with Gasteiger partial charge in [0.05, 0.1) is 0 Å². The van der Waals surface area contributed by atoms with Crippen LogP contribution in [-0.2, 0) is 0 Å². The highest BCUT2D eigenvalue weighted by Crippen LogP contribution is 2.35. The van der Waals surface area contributed by atoms with Crippen LogP contribution in [0, 0.1) is 17.8 Å². The highest BCUT2D eigenvalue weighted by Gasteiger charge is 2.32. The molecule has 3 unspecified atom stereocenters. The van der Waals surface area contributed by atoms with Crippen molar-refractivity contribution in [2.24, 2.45) is 17.8 Å². The number of hydrogen-bond acceptors (Lipinski definition) is 1. The fourth-order valence-electron chi connectivity index (χ4n) is 2.92. The Labute approximate surface area is 105 Å². The van der Waals surface area contributed by atoms with E-state index in [1.165, 1.54) is 19.3 Å². The highest BCUT2D eigenvalue weighted by atomic mass is 16.5. The van der Waals surface area contributed by atoms with Gasteiger partial charge in [-0.1, -0.05) is 45.4 Å². The first kappa shape index (κ1) is 12.5. The lowest BCUT2D eigenvalue weighted by Crippen LogP contribution is -2.36. The van der Waals surface area contributed by atoms with Gasteiger partial charge in [0.25, 0.3) is 0 Å². The summed E-state index contributed by atoms with van der Waals surface area (Å²) in [7, 11) is 0. The maximum Gasteiger partial charge on any atom is 0.119 e. The summed E-state index contributed by atoms with van der Waals surface area (Å²) >= 11 is 0. The zero-order valence-electron chi connectivity index (χ0n) is 11.2. The Kier molecular flexibility index (Phi) is 4.09. The third-order valence-electron chi connectivity index (χ3n) is 3.99. The van der Waals surface area contributed by atoms with Crippen molar-refractivity contribution in [1.29, 1.82) is 0 Å². The van der Waals surface area contributed by atoms with E-state index in [1.54, 1.807) is 0 Å². The van der Waals surface area contributed by atoms with Gasteiger partial charge >= 0.3 is 0 Å². The van der Waals surface area contributed by atoms with Crippen molar-refractivity contribution in [3.63, 3.8) is 0 Å². The SMILES string of the molecule is CC1CCC(C(C)C)C(Oc2ccccc2)C1. The van der Waals surface area contributed by atoms with Gasteiger partial charge in [0.2, 0.25) is 0 Å². The summed E-state index contributed by atoms with van der Waals surface area (Å²) in [6.45, 7) is 6.99. The van der Waals surface area contributed by atoms with E-state index < -0.39 is 0 Å². The smallest absolute Gasteiger partial charge is 0.119 e. The van der Waals surface area contributed by atoms with Gasteiger partial charge < -0.3 is 4.74 Å². The van der Waals surface area contributed by atoms with Crippen LogP contribution in [0.25, 0.3) is 0 Å². The molecule has 0 bridgehead atoms. The Bertz CT molecular complexity index is 331. The van der Waals surface area contributed by atoms with Crippen molar-refractivity contribution in [3.05, 3.63) is 30.3 Å². The lowest BCUT2D eigenvalue weighted by Gasteiger charge is -2.37. The van der Waals surface area contributed by atoms with Crippen molar-refractivity contribution >= 4 is 0 Å². The molecular weight excluding hydrogens is 208 g/mol. The molecule has 1 saturated carbocycles. The Hall–Kier alpha value is -0.980. The lowest BCUT2D eigenvalue weighted by atomic mass is 9.75. The molecule has 0 radical (unpaired) electrons. The van der Waals surface area contributed by atoms with Gasteiger partial charge in [0.1, 0.15) is 11.9 Å². The third-order valence-corrected chi connectivity index (χ3v) is 3.99. The lowest BCUT2D eigenvalue weighted by molar-refractivity contribution is 0.0460. The molecule has 0 spiro atoms. The second-order valence-corrected chi connectivity index (χ2v) is 5.80. The fourth-order valence-corrected chi connectivity index (χ4v) is 2.92. The standard InChI is InChI=1S/C16H24O/c1-12(2)15-10-9-13(3)11-16(15)17-14-7-5-4-6-8-14/h4-8,12-13,15-16H,9-11H2,1-3H3. The molecule has 1 heteroatoms. The number of para-hydroxylation sites is 1. The first-order valence-corrected chi connectivity index (χ1v) is 6.88. The van der Waals surface area contributed by atoms with Crippen molar-refractivity contribution in [2.45, 2.75) is 46.1 Å². The molecule has 1 nitrogen and oxygen atoms in total. The summed E-state index contributed by atoms with van der Waals surface area (Å²) in [4.78, 5) is 0. The van der Waals surface area contributed by atoms with Gasteiger partial charge in [-0.2, -0.15) is 0 Å². The van der Waals surface area contributed by atoms with Crippen molar-refractivity contribution in [2.75, 3.05) is 0 Å². The summed E-state index contributed by atoms with van der Waals surface area (Å²) in [5, 5.41) is 0. The summed E-state index contributed by atoms with van der Waals surface area (Å²) < 4.78 is 6.20. The van der Waals surface area contributed by atoms with Crippen LogP contribution in [0.15, 0.2) is 30.3 Å². The molecular formula is C16H24O. The van der Waals surface area contributed by atoms with Gasteiger partial charge in [-0.05, 0) is 42.7 Å². The van der Waals surface area contributed by atoms with Crippen LogP contribution in [0.5, 0.6) is 5.75 Å². The summed E-state index contributed by atoms with van der Waals surface area (Å²) in [6, 6.07) is 10.3. The molecule has 1 aromatic rings. The van der Waals surface area contributed by atoms with E-state index in [9.17, 15) is 0 Å². The molecule has 94 valence electrons. The van der Waals surface area contributed by atoms with Crippen LogP contribution < -0.4 is 4.74 Å². The molecule has 1 aliphatic carbocycles. The molecule has 0 aliphatic heterocycles. The third kappa shape index (κ3) is 3.24. The van der Waals surface area contributed by atoms with Gasteiger partial charge in [0, 0.05) is 0 Å². The Morgan fingerprint density at radius 1 is 1.12 bits per heavy atom. The van der Waals surface area contributed by atoms with E-state index in [2.05, 4.69) is 32.9 Å². The van der Waals surface area contributed by atoms with E-state index in [0.717, 1.165) is 17.6 Å². The Morgan fingerprint density at radius 2 is 1.82 bits per heavy atom. The van der Waals surface area contributed by atoms with Gasteiger partial charge in [0.15, 0.2) is 0 Å². The highest BCUT2D eigenvalue weighted by molar-refractivity contribution is 5.21. The second kappa shape index (κ2) is 5.57. The molecule has 17 heavy (non-hydrogen) atoms. The summed E-state index contributed by atoms with van der Waals surface area (Å²) in [6.07, 6.45) is 4.28. The topological polar surface area (TPSA) is 9.23 Å². The minimum atomic E-state index is 0.404. The normalized spacial score (nSPS) is 29.3. The first-order valence-electron chi connectivity index (χ1n) is 6.88. The maximum absolute atomic E-state index is 6.20. The molecule has 2 rings (SSSR count). The van der Waals surface area contributed by atoms with Crippen molar-refractivity contribution in [1.82, 2.24) is 0 Å². The van der Waals surface area contributed by atoms with Crippen molar-refractivity contribution < 1.29 is 4.74 Å². The van der Waals surface area contributed by atoms with Crippen LogP contribution in [0.4, 0.5) is 0 Å². The maximum atomic E-state index is 6.20. The van der Waals surface area contributed by atoms with Crippen molar-refractivity contribution in [3.8, 4) is 5.75 Å². The van der Waals surface area contributed by atoms with E-state index in [-0.39, 0.29) is 0 Å². The number of rotatable bonds is 3. The number of benzene rings is 1. The molecule has 1 aliphatic rings. The average molecular weight is 232 g/mol. The molecule has 0 aromatic heterocycles. The average Bonchev–Trinajstić information content (AvgIpc) is 2.30.